The molecule has 1 fully saturated rings. The van der Waals surface area contributed by atoms with Gasteiger partial charge in [-0.3, -0.25) is 4.79 Å². The molecule has 4 heteroatoms. The van der Waals surface area contributed by atoms with E-state index in [1.807, 2.05) is 18.2 Å². The highest BCUT2D eigenvalue weighted by Crippen LogP contribution is 2.32. The fraction of sp³-hybridized carbons (Fsp3) is 0.588. The summed E-state index contributed by atoms with van der Waals surface area (Å²) in [5.74, 6) is 0.0540. The van der Waals surface area contributed by atoms with Crippen molar-refractivity contribution in [3.63, 3.8) is 0 Å². The van der Waals surface area contributed by atoms with Gasteiger partial charge in [-0.2, -0.15) is 0 Å². The molecule has 0 bridgehead atoms. The number of carbonyl (C=O) groups is 1. The van der Waals surface area contributed by atoms with Crippen LogP contribution in [0.5, 0.6) is 0 Å². The van der Waals surface area contributed by atoms with Crippen LogP contribution in [-0.4, -0.2) is 31.7 Å². The van der Waals surface area contributed by atoms with E-state index in [2.05, 4.69) is 43.5 Å². The molecular weight excluding hydrogens is 264 g/mol. The van der Waals surface area contributed by atoms with Crippen LogP contribution < -0.4 is 10.6 Å². The van der Waals surface area contributed by atoms with E-state index in [0.29, 0.717) is 0 Å². The minimum absolute atomic E-state index is 0.00500. The third-order valence-corrected chi connectivity index (χ3v) is 4.03. The summed E-state index contributed by atoms with van der Waals surface area (Å²) < 4.78 is 5.31. The van der Waals surface area contributed by atoms with E-state index in [1.54, 1.807) is 7.11 Å². The summed E-state index contributed by atoms with van der Waals surface area (Å²) in [6.45, 7) is 7.17. The zero-order valence-electron chi connectivity index (χ0n) is 13.3. The third kappa shape index (κ3) is 4.05. The fourth-order valence-electron chi connectivity index (χ4n) is 2.77. The molecule has 4 nitrogen and oxygen atoms in total. The molecule has 0 saturated carbocycles. The molecule has 3 unspecified atom stereocenters. The molecule has 116 valence electrons. The Morgan fingerprint density at radius 3 is 2.52 bits per heavy atom. The first-order valence-corrected chi connectivity index (χ1v) is 7.53. The molecule has 1 amide bonds. The van der Waals surface area contributed by atoms with Gasteiger partial charge in [-0.05, 0) is 17.4 Å². The maximum atomic E-state index is 12.5. The molecule has 3 atom stereocenters. The van der Waals surface area contributed by atoms with Crippen molar-refractivity contribution in [3.05, 3.63) is 35.9 Å². The Balaban J connectivity index is 2.08. The molecule has 0 aromatic heterocycles. The molecule has 0 aliphatic carbocycles. The molecule has 2 rings (SSSR count). The van der Waals surface area contributed by atoms with Crippen LogP contribution >= 0.6 is 0 Å². The second kappa shape index (κ2) is 6.58. The molecule has 0 spiro atoms. The molecule has 1 aliphatic rings. The Labute approximate surface area is 127 Å². The van der Waals surface area contributed by atoms with Crippen LogP contribution in [0, 0.1) is 5.41 Å². The zero-order valence-corrected chi connectivity index (χ0v) is 13.3. The molecular formula is C17H26N2O2. The van der Waals surface area contributed by atoms with Crippen LogP contribution in [0.4, 0.5) is 0 Å². The van der Waals surface area contributed by atoms with Gasteiger partial charge < -0.3 is 15.4 Å². The summed E-state index contributed by atoms with van der Waals surface area (Å²) in [4.78, 5) is 12.5. The molecule has 1 saturated heterocycles. The summed E-state index contributed by atoms with van der Waals surface area (Å²) >= 11 is 0. The van der Waals surface area contributed by atoms with Crippen molar-refractivity contribution in [1.29, 1.82) is 0 Å². The molecule has 1 aromatic rings. The topological polar surface area (TPSA) is 50.4 Å². The van der Waals surface area contributed by atoms with E-state index in [0.717, 1.165) is 18.5 Å². The third-order valence-electron chi connectivity index (χ3n) is 4.03. The SMILES string of the molecule is COC1CNC(C(=O)NC(c2ccccc2)C(C)(C)C)C1. The average Bonchev–Trinajstić information content (AvgIpc) is 2.93. The second-order valence-electron chi connectivity index (χ2n) is 6.77. The predicted molar refractivity (Wildman–Crippen MR) is 84.0 cm³/mol. The monoisotopic (exact) mass is 290 g/mol. The maximum absolute atomic E-state index is 12.5. The lowest BCUT2D eigenvalue weighted by Gasteiger charge is -2.33. The normalized spacial score (nSPS) is 23.8. The number of ether oxygens (including phenoxy) is 1. The average molecular weight is 290 g/mol. The minimum Gasteiger partial charge on any atom is -0.380 e. The lowest BCUT2D eigenvalue weighted by atomic mass is 9.82. The van der Waals surface area contributed by atoms with Gasteiger partial charge in [-0.25, -0.2) is 0 Å². The van der Waals surface area contributed by atoms with E-state index in [9.17, 15) is 4.79 Å². The smallest absolute Gasteiger partial charge is 0.237 e. The predicted octanol–water partition coefficient (Wildman–Crippen LogP) is 2.27. The Morgan fingerprint density at radius 1 is 1.33 bits per heavy atom. The van der Waals surface area contributed by atoms with Gasteiger partial charge in [0, 0.05) is 13.7 Å². The van der Waals surface area contributed by atoms with Crippen molar-refractivity contribution in [2.24, 2.45) is 5.41 Å². The Hall–Kier alpha value is -1.39. The molecule has 1 aliphatic heterocycles. The highest BCUT2D eigenvalue weighted by Gasteiger charge is 2.33. The second-order valence-corrected chi connectivity index (χ2v) is 6.77. The standard InChI is InChI=1S/C17H26N2O2/c1-17(2,3)15(12-8-6-5-7-9-12)19-16(20)14-10-13(21-4)11-18-14/h5-9,13-15,18H,10-11H2,1-4H3,(H,19,20). The number of carbonyl (C=O) groups excluding carboxylic acids is 1. The number of benzene rings is 1. The van der Waals surface area contributed by atoms with Gasteiger partial charge in [0.25, 0.3) is 0 Å². The highest BCUT2D eigenvalue weighted by molar-refractivity contribution is 5.82. The van der Waals surface area contributed by atoms with E-state index >= 15 is 0 Å². The number of rotatable bonds is 4. The molecule has 1 heterocycles. The molecule has 0 radical (unpaired) electrons. The van der Waals surface area contributed by atoms with Gasteiger partial charge in [0.2, 0.25) is 5.91 Å². The Bertz CT molecular complexity index is 467. The number of hydrogen-bond donors (Lipinski definition) is 2. The Morgan fingerprint density at radius 2 is 2.00 bits per heavy atom. The minimum atomic E-state index is -0.163. The van der Waals surface area contributed by atoms with Crippen molar-refractivity contribution < 1.29 is 9.53 Å². The van der Waals surface area contributed by atoms with Gasteiger partial charge in [-0.1, -0.05) is 51.1 Å². The van der Waals surface area contributed by atoms with Gasteiger partial charge in [-0.15, -0.1) is 0 Å². The van der Waals surface area contributed by atoms with E-state index in [-0.39, 0.29) is 29.5 Å². The van der Waals surface area contributed by atoms with Crippen LogP contribution in [0.25, 0.3) is 0 Å². The van der Waals surface area contributed by atoms with Gasteiger partial charge >= 0.3 is 0 Å². The largest absolute Gasteiger partial charge is 0.380 e. The van der Waals surface area contributed by atoms with Crippen LogP contribution in [0.1, 0.15) is 38.8 Å². The summed E-state index contributed by atoms with van der Waals surface area (Å²) in [5.41, 5.74) is 1.09. The van der Waals surface area contributed by atoms with E-state index in [1.165, 1.54) is 0 Å². The lowest BCUT2D eigenvalue weighted by molar-refractivity contribution is -0.124. The maximum Gasteiger partial charge on any atom is 0.237 e. The molecule has 21 heavy (non-hydrogen) atoms. The van der Waals surface area contributed by atoms with Crippen molar-refractivity contribution in [1.82, 2.24) is 10.6 Å². The zero-order chi connectivity index (χ0) is 15.5. The number of methoxy groups -OCH3 is 1. The summed E-state index contributed by atoms with van der Waals surface area (Å²) in [7, 11) is 1.69. The van der Waals surface area contributed by atoms with Gasteiger partial charge in [0.1, 0.15) is 0 Å². The van der Waals surface area contributed by atoms with E-state index < -0.39 is 0 Å². The Kier molecular flexibility index (Phi) is 5.01. The van der Waals surface area contributed by atoms with Crippen molar-refractivity contribution in [3.8, 4) is 0 Å². The number of nitrogens with one attached hydrogen (secondary N) is 2. The summed E-state index contributed by atoms with van der Waals surface area (Å²) in [5, 5.41) is 6.43. The van der Waals surface area contributed by atoms with Crippen molar-refractivity contribution in [2.45, 2.75) is 45.4 Å². The molecule has 1 aromatic carbocycles. The fourth-order valence-corrected chi connectivity index (χ4v) is 2.77. The highest BCUT2D eigenvalue weighted by atomic mass is 16.5. The summed E-state index contributed by atoms with van der Waals surface area (Å²) in [6.07, 6.45) is 0.860. The first kappa shape index (κ1) is 16.0. The van der Waals surface area contributed by atoms with Crippen LogP contribution in [-0.2, 0) is 9.53 Å². The molecule has 2 N–H and O–H groups in total. The van der Waals surface area contributed by atoms with Gasteiger partial charge in [0.05, 0.1) is 18.2 Å². The first-order valence-electron chi connectivity index (χ1n) is 7.53. The lowest BCUT2D eigenvalue weighted by Crippen LogP contribution is -2.45. The van der Waals surface area contributed by atoms with Crippen molar-refractivity contribution in [2.75, 3.05) is 13.7 Å². The number of hydrogen-bond acceptors (Lipinski definition) is 3. The van der Waals surface area contributed by atoms with Crippen LogP contribution in [0.3, 0.4) is 0 Å². The van der Waals surface area contributed by atoms with Crippen LogP contribution in [0.2, 0.25) is 0 Å². The van der Waals surface area contributed by atoms with E-state index in [4.69, 9.17) is 4.74 Å². The summed E-state index contributed by atoms with van der Waals surface area (Å²) in [6, 6.07) is 9.97. The van der Waals surface area contributed by atoms with Gasteiger partial charge in [0.15, 0.2) is 0 Å². The van der Waals surface area contributed by atoms with Crippen LogP contribution in [0.15, 0.2) is 30.3 Å². The quantitative estimate of drug-likeness (QED) is 0.894. The first-order chi connectivity index (χ1) is 9.91. The number of amides is 1. The van der Waals surface area contributed by atoms with Crippen molar-refractivity contribution >= 4 is 5.91 Å².